The second-order valence-corrected chi connectivity index (χ2v) is 6.51. The lowest BCUT2D eigenvalue weighted by Crippen LogP contribution is -2.17. The molecule has 2 aromatic rings. The molecule has 0 aromatic heterocycles. The summed E-state index contributed by atoms with van der Waals surface area (Å²) in [4.78, 5) is 26.5. The van der Waals surface area contributed by atoms with E-state index in [2.05, 4.69) is 0 Å². The van der Waals surface area contributed by atoms with Crippen LogP contribution in [0.4, 0.5) is 5.69 Å². The van der Waals surface area contributed by atoms with Gasteiger partial charge < -0.3 is 19.1 Å². The first-order valence-corrected chi connectivity index (χ1v) is 8.97. The minimum Gasteiger partial charge on any atom is -0.486 e. The van der Waals surface area contributed by atoms with Crippen LogP contribution in [0.15, 0.2) is 48.0 Å². The van der Waals surface area contributed by atoms with Crippen molar-refractivity contribution in [3.8, 4) is 17.6 Å². The van der Waals surface area contributed by atoms with Gasteiger partial charge in [-0.15, -0.1) is 0 Å². The molecule has 0 unspecified atom stereocenters. The van der Waals surface area contributed by atoms with Crippen molar-refractivity contribution < 1.29 is 23.8 Å². The first-order chi connectivity index (χ1) is 14.0. The molecule has 1 aliphatic rings. The van der Waals surface area contributed by atoms with Crippen LogP contribution in [0.3, 0.4) is 0 Å². The summed E-state index contributed by atoms with van der Waals surface area (Å²) in [5, 5.41) is 9.27. The lowest BCUT2D eigenvalue weighted by Gasteiger charge is -2.18. The average Bonchev–Trinajstić information content (AvgIpc) is 2.75. The third-order valence-electron chi connectivity index (χ3n) is 4.26. The number of hydrogen-bond acceptors (Lipinski definition) is 7. The Labute approximate surface area is 168 Å². The molecule has 0 fully saturated rings. The molecule has 7 nitrogen and oxygen atoms in total. The Hall–Kier alpha value is -3.79. The number of Topliss-reactive ketones (excluding diaryl/α,β-unsaturated/α-hetero) is 1. The fourth-order valence-electron chi connectivity index (χ4n) is 2.68. The first-order valence-electron chi connectivity index (χ1n) is 8.97. The van der Waals surface area contributed by atoms with E-state index in [-0.39, 0.29) is 5.57 Å². The largest absolute Gasteiger partial charge is 0.486 e. The third kappa shape index (κ3) is 4.93. The van der Waals surface area contributed by atoms with E-state index >= 15 is 0 Å². The molecule has 0 bridgehead atoms. The van der Waals surface area contributed by atoms with Crippen LogP contribution in [-0.2, 0) is 9.53 Å². The number of benzene rings is 2. The quantitative estimate of drug-likeness (QED) is 0.323. The number of hydrogen-bond donors (Lipinski definition) is 0. The van der Waals surface area contributed by atoms with Crippen LogP contribution in [0.25, 0.3) is 6.08 Å². The summed E-state index contributed by atoms with van der Waals surface area (Å²) in [6, 6.07) is 13.9. The van der Waals surface area contributed by atoms with Gasteiger partial charge in [-0.05, 0) is 42.0 Å². The second kappa shape index (κ2) is 8.93. The van der Waals surface area contributed by atoms with Gasteiger partial charge in [0.25, 0.3) is 0 Å². The van der Waals surface area contributed by atoms with E-state index in [4.69, 9.17) is 14.2 Å². The summed E-state index contributed by atoms with van der Waals surface area (Å²) in [6.45, 7) is 0.390. The van der Waals surface area contributed by atoms with Gasteiger partial charge in [0.1, 0.15) is 24.9 Å². The molecular formula is C22H20N2O5. The maximum Gasteiger partial charge on any atom is 0.349 e. The molecule has 0 amide bonds. The molecule has 0 aliphatic carbocycles. The van der Waals surface area contributed by atoms with Crippen LogP contribution < -0.4 is 14.4 Å². The minimum atomic E-state index is -0.852. The van der Waals surface area contributed by atoms with Crippen LogP contribution in [0.5, 0.6) is 11.5 Å². The number of fused-ring (bicyclic) bond motifs is 1. The van der Waals surface area contributed by atoms with E-state index in [0.717, 1.165) is 5.69 Å². The maximum absolute atomic E-state index is 12.3. The molecule has 29 heavy (non-hydrogen) atoms. The van der Waals surface area contributed by atoms with Gasteiger partial charge in [-0.2, -0.15) is 5.26 Å². The van der Waals surface area contributed by atoms with Crippen LogP contribution in [0.2, 0.25) is 0 Å². The van der Waals surface area contributed by atoms with Crippen molar-refractivity contribution in [2.75, 3.05) is 38.8 Å². The standard InChI is InChI=1S/C22H20N2O5/c1-24(2)18-6-3-15(4-7-18)11-17(13-23)22(26)29-14-19(25)16-5-8-20-21(12-16)28-10-9-27-20/h3-8,11-12H,9-10,14H2,1-2H3/b17-11+. The zero-order valence-electron chi connectivity index (χ0n) is 16.2. The second-order valence-electron chi connectivity index (χ2n) is 6.51. The van der Waals surface area contributed by atoms with Crippen LogP contribution in [0.1, 0.15) is 15.9 Å². The number of ketones is 1. The van der Waals surface area contributed by atoms with E-state index in [1.54, 1.807) is 30.3 Å². The van der Waals surface area contributed by atoms with Crippen molar-refractivity contribution in [3.05, 3.63) is 59.2 Å². The zero-order valence-corrected chi connectivity index (χ0v) is 16.2. The van der Waals surface area contributed by atoms with E-state index in [1.165, 1.54) is 6.08 Å². The minimum absolute atomic E-state index is 0.183. The average molecular weight is 392 g/mol. The molecule has 0 saturated carbocycles. The predicted octanol–water partition coefficient (Wildman–Crippen LogP) is 2.86. The summed E-state index contributed by atoms with van der Waals surface area (Å²) in [5.41, 5.74) is 1.83. The molecule has 148 valence electrons. The molecule has 0 atom stereocenters. The monoisotopic (exact) mass is 392 g/mol. The number of esters is 1. The summed E-state index contributed by atoms with van der Waals surface area (Å²) in [7, 11) is 3.84. The van der Waals surface area contributed by atoms with Crippen LogP contribution in [-0.4, -0.2) is 45.7 Å². The number of nitrogens with zero attached hydrogens (tertiary/aromatic N) is 2. The van der Waals surface area contributed by atoms with Crippen molar-refractivity contribution in [1.82, 2.24) is 0 Å². The predicted molar refractivity (Wildman–Crippen MR) is 107 cm³/mol. The van der Waals surface area contributed by atoms with Crippen molar-refractivity contribution in [1.29, 1.82) is 5.26 Å². The normalized spacial score (nSPS) is 12.7. The van der Waals surface area contributed by atoms with Gasteiger partial charge in [0.2, 0.25) is 0 Å². The summed E-state index contributed by atoms with van der Waals surface area (Å²) in [6.07, 6.45) is 1.43. The van der Waals surface area contributed by atoms with Crippen molar-refractivity contribution in [2.24, 2.45) is 0 Å². The van der Waals surface area contributed by atoms with Gasteiger partial charge in [-0.25, -0.2) is 4.79 Å². The summed E-state index contributed by atoms with van der Waals surface area (Å²) >= 11 is 0. The van der Waals surface area contributed by atoms with Gasteiger partial charge >= 0.3 is 5.97 Å². The highest BCUT2D eigenvalue weighted by molar-refractivity contribution is 6.02. The first kappa shape index (κ1) is 20.0. The molecule has 0 N–H and O–H groups in total. The van der Waals surface area contributed by atoms with E-state index < -0.39 is 18.4 Å². The highest BCUT2D eigenvalue weighted by Gasteiger charge is 2.17. The number of nitriles is 1. The Balaban J connectivity index is 1.64. The Morgan fingerprint density at radius 3 is 2.45 bits per heavy atom. The van der Waals surface area contributed by atoms with Crippen molar-refractivity contribution >= 4 is 23.5 Å². The maximum atomic E-state index is 12.3. The number of carbonyl (C=O) groups excluding carboxylic acids is 2. The Morgan fingerprint density at radius 2 is 1.79 bits per heavy atom. The lowest BCUT2D eigenvalue weighted by molar-refractivity contribution is -0.137. The lowest BCUT2D eigenvalue weighted by atomic mass is 10.1. The molecule has 0 radical (unpaired) electrons. The summed E-state index contributed by atoms with van der Waals surface area (Å²) in [5.74, 6) is -0.204. The highest BCUT2D eigenvalue weighted by atomic mass is 16.6. The zero-order chi connectivity index (χ0) is 20.8. The topological polar surface area (TPSA) is 88.9 Å². The molecule has 1 aliphatic heterocycles. The summed E-state index contributed by atoms with van der Waals surface area (Å²) < 4.78 is 15.9. The van der Waals surface area contributed by atoms with Crippen LogP contribution in [0, 0.1) is 11.3 Å². The number of rotatable bonds is 6. The SMILES string of the molecule is CN(C)c1ccc(/C=C(\C#N)C(=O)OCC(=O)c2ccc3c(c2)OCCO3)cc1. The van der Waals surface area contributed by atoms with Gasteiger partial charge in [0.15, 0.2) is 23.9 Å². The van der Waals surface area contributed by atoms with Gasteiger partial charge in [-0.3, -0.25) is 4.79 Å². The van der Waals surface area contributed by atoms with Gasteiger partial charge in [0.05, 0.1) is 0 Å². The molecule has 1 heterocycles. The Kier molecular flexibility index (Phi) is 6.15. The van der Waals surface area contributed by atoms with Crippen molar-refractivity contribution in [3.63, 3.8) is 0 Å². The Bertz CT molecular complexity index is 987. The van der Waals surface area contributed by atoms with Crippen LogP contribution >= 0.6 is 0 Å². The smallest absolute Gasteiger partial charge is 0.349 e. The fourth-order valence-corrected chi connectivity index (χ4v) is 2.68. The molecule has 7 heteroatoms. The Morgan fingerprint density at radius 1 is 1.10 bits per heavy atom. The van der Waals surface area contributed by atoms with E-state index in [0.29, 0.717) is 35.8 Å². The molecule has 0 saturated heterocycles. The number of ether oxygens (including phenoxy) is 3. The highest BCUT2D eigenvalue weighted by Crippen LogP contribution is 2.30. The molecule has 0 spiro atoms. The number of carbonyl (C=O) groups is 2. The van der Waals surface area contributed by atoms with E-state index in [1.807, 2.05) is 37.2 Å². The third-order valence-corrected chi connectivity index (χ3v) is 4.26. The fraction of sp³-hybridized carbons (Fsp3) is 0.227. The number of anilines is 1. The van der Waals surface area contributed by atoms with E-state index in [9.17, 15) is 14.9 Å². The van der Waals surface area contributed by atoms with Gasteiger partial charge in [0, 0.05) is 25.3 Å². The van der Waals surface area contributed by atoms with Gasteiger partial charge in [-0.1, -0.05) is 12.1 Å². The molecular weight excluding hydrogens is 372 g/mol. The van der Waals surface area contributed by atoms with Crippen molar-refractivity contribution in [2.45, 2.75) is 0 Å². The molecule has 3 rings (SSSR count). The molecule has 2 aromatic carbocycles.